The van der Waals surface area contributed by atoms with E-state index in [4.69, 9.17) is 0 Å². The van der Waals surface area contributed by atoms with E-state index in [9.17, 15) is 4.79 Å². The van der Waals surface area contributed by atoms with E-state index >= 15 is 0 Å². The number of para-hydroxylation sites is 1. The molecule has 1 amide bonds. The standard InChI is InChI=1S/C14H15NO/c1-3-6-14(16)15-10-11(2)9-12-7-4-5-8-13(12)15/h4-5,7-8,11H,9-10H2,1-2H3. The smallest absolute Gasteiger partial charge is 0.301 e. The van der Waals surface area contributed by atoms with Gasteiger partial charge in [-0.25, -0.2) is 0 Å². The van der Waals surface area contributed by atoms with Crippen LogP contribution >= 0.6 is 0 Å². The quantitative estimate of drug-likeness (QED) is 0.605. The van der Waals surface area contributed by atoms with Gasteiger partial charge in [-0.3, -0.25) is 4.79 Å². The molecule has 1 atom stereocenters. The molecule has 0 aromatic heterocycles. The van der Waals surface area contributed by atoms with Crippen LogP contribution in [0.2, 0.25) is 0 Å². The third-order valence-electron chi connectivity index (χ3n) is 2.82. The summed E-state index contributed by atoms with van der Waals surface area (Å²) >= 11 is 0. The van der Waals surface area contributed by atoms with E-state index in [1.54, 1.807) is 11.8 Å². The minimum Gasteiger partial charge on any atom is -0.301 e. The van der Waals surface area contributed by atoms with Gasteiger partial charge in [0, 0.05) is 12.2 Å². The number of hydrogen-bond acceptors (Lipinski definition) is 1. The molecular weight excluding hydrogens is 198 g/mol. The van der Waals surface area contributed by atoms with Gasteiger partial charge in [-0.05, 0) is 36.8 Å². The highest BCUT2D eigenvalue weighted by atomic mass is 16.2. The zero-order valence-corrected chi connectivity index (χ0v) is 9.66. The van der Waals surface area contributed by atoms with Gasteiger partial charge in [-0.1, -0.05) is 31.0 Å². The summed E-state index contributed by atoms with van der Waals surface area (Å²) in [6, 6.07) is 8.07. The zero-order valence-electron chi connectivity index (χ0n) is 9.66. The third kappa shape index (κ3) is 1.94. The molecule has 0 spiro atoms. The molecule has 1 aliphatic heterocycles. The fraction of sp³-hybridized carbons (Fsp3) is 0.357. The number of amides is 1. The Morgan fingerprint density at radius 1 is 1.44 bits per heavy atom. The van der Waals surface area contributed by atoms with Crippen LogP contribution in [0.3, 0.4) is 0 Å². The Morgan fingerprint density at radius 3 is 2.94 bits per heavy atom. The zero-order chi connectivity index (χ0) is 11.5. The van der Waals surface area contributed by atoms with Gasteiger partial charge in [0.15, 0.2) is 0 Å². The fourth-order valence-corrected chi connectivity index (χ4v) is 2.16. The molecule has 1 unspecified atom stereocenters. The Hall–Kier alpha value is -1.75. The highest BCUT2D eigenvalue weighted by Gasteiger charge is 2.24. The lowest BCUT2D eigenvalue weighted by Gasteiger charge is -2.31. The van der Waals surface area contributed by atoms with Gasteiger partial charge in [0.2, 0.25) is 0 Å². The average Bonchev–Trinajstić information content (AvgIpc) is 2.28. The third-order valence-corrected chi connectivity index (χ3v) is 2.82. The Balaban J connectivity index is 2.39. The average molecular weight is 213 g/mol. The minimum absolute atomic E-state index is 0.0958. The summed E-state index contributed by atoms with van der Waals surface area (Å²) in [7, 11) is 0. The van der Waals surface area contributed by atoms with Crippen LogP contribution in [0.1, 0.15) is 19.4 Å². The molecule has 82 valence electrons. The highest BCUT2D eigenvalue weighted by Crippen LogP contribution is 2.29. The van der Waals surface area contributed by atoms with Crippen molar-refractivity contribution in [1.82, 2.24) is 0 Å². The summed E-state index contributed by atoms with van der Waals surface area (Å²) in [5, 5.41) is 0. The lowest BCUT2D eigenvalue weighted by Crippen LogP contribution is -2.38. The molecule has 2 rings (SSSR count). The molecule has 0 bridgehead atoms. The van der Waals surface area contributed by atoms with Crippen molar-refractivity contribution in [2.45, 2.75) is 20.3 Å². The van der Waals surface area contributed by atoms with Crippen molar-refractivity contribution in [2.24, 2.45) is 5.92 Å². The summed E-state index contributed by atoms with van der Waals surface area (Å²) < 4.78 is 0. The molecule has 1 aromatic rings. The minimum atomic E-state index is -0.0958. The first-order chi connectivity index (χ1) is 7.72. The Morgan fingerprint density at radius 2 is 2.19 bits per heavy atom. The van der Waals surface area contributed by atoms with Crippen LogP contribution in [0.25, 0.3) is 0 Å². The molecule has 1 heterocycles. The van der Waals surface area contributed by atoms with Crippen molar-refractivity contribution < 1.29 is 4.79 Å². The van der Waals surface area contributed by atoms with Gasteiger partial charge in [-0.15, -0.1) is 0 Å². The van der Waals surface area contributed by atoms with E-state index in [0.717, 1.165) is 18.7 Å². The van der Waals surface area contributed by atoms with Crippen molar-refractivity contribution in [3.63, 3.8) is 0 Å². The summed E-state index contributed by atoms with van der Waals surface area (Å²) in [5.74, 6) is 5.68. The van der Waals surface area contributed by atoms with Crippen molar-refractivity contribution in [1.29, 1.82) is 0 Å². The van der Waals surface area contributed by atoms with Crippen LogP contribution in [0.4, 0.5) is 5.69 Å². The van der Waals surface area contributed by atoms with E-state index in [0.29, 0.717) is 5.92 Å². The molecule has 0 saturated heterocycles. The highest BCUT2D eigenvalue weighted by molar-refractivity contribution is 6.06. The number of benzene rings is 1. The molecule has 0 fully saturated rings. The predicted octanol–water partition coefficient (Wildman–Crippen LogP) is 2.24. The van der Waals surface area contributed by atoms with Gasteiger partial charge in [-0.2, -0.15) is 0 Å². The SMILES string of the molecule is CC#CC(=O)N1CC(C)Cc2ccccc21. The molecule has 0 radical (unpaired) electrons. The summed E-state index contributed by atoms with van der Waals surface area (Å²) in [5.41, 5.74) is 2.26. The van der Waals surface area contributed by atoms with Crippen molar-refractivity contribution >= 4 is 11.6 Å². The van der Waals surface area contributed by atoms with Crippen molar-refractivity contribution in [3.05, 3.63) is 29.8 Å². The van der Waals surface area contributed by atoms with Crippen LogP contribution in [0.5, 0.6) is 0 Å². The number of carbonyl (C=O) groups is 1. The predicted molar refractivity (Wildman–Crippen MR) is 65.1 cm³/mol. The molecule has 2 heteroatoms. The Bertz CT molecular complexity index is 467. The maximum atomic E-state index is 11.9. The van der Waals surface area contributed by atoms with E-state index in [1.165, 1.54) is 5.56 Å². The maximum Gasteiger partial charge on any atom is 0.302 e. The van der Waals surface area contributed by atoms with Gasteiger partial charge in [0.1, 0.15) is 0 Å². The molecular formula is C14H15NO. The molecule has 1 aliphatic rings. The summed E-state index contributed by atoms with van der Waals surface area (Å²) in [4.78, 5) is 13.7. The summed E-state index contributed by atoms with van der Waals surface area (Å²) in [6.45, 7) is 4.62. The second-order valence-corrected chi connectivity index (χ2v) is 4.23. The first kappa shape index (κ1) is 10.8. The maximum absolute atomic E-state index is 11.9. The van der Waals surface area contributed by atoms with Gasteiger partial charge < -0.3 is 4.90 Å². The van der Waals surface area contributed by atoms with Crippen LogP contribution in [-0.4, -0.2) is 12.5 Å². The van der Waals surface area contributed by atoms with E-state index in [2.05, 4.69) is 24.8 Å². The second-order valence-electron chi connectivity index (χ2n) is 4.23. The van der Waals surface area contributed by atoms with Crippen LogP contribution < -0.4 is 4.90 Å². The van der Waals surface area contributed by atoms with Gasteiger partial charge >= 0.3 is 5.91 Å². The first-order valence-corrected chi connectivity index (χ1v) is 5.54. The number of anilines is 1. The van der Waals surface area contributed by atoms with E-state index in [1.807, 2.05) is 18.2 Å². The number of hydrogen-bond donors (Lipinski definition) is 0. The number of rotatable bonds is 0. The Labute approximate surface area is 96.3 Å². The first-order valence-electron chi connectivity index (χ1n) is 5.54. The summed E-state index contributed by atoms with van der Waals surface area (Å²) in [6.07, 6.45) is 1.04. The Kier molecular flexibility index (Phi) is 2.96. The molecule has 0 saturated carbocycles. The largest absolute Gasteiger partial charge is 0.302 e. The van der Waals surface area contributed by atoms with Crippen LogP contribution in [-0.2, 0) is 11.2 Å². The number of carbonyl (C=O) groups excluding carboxylic acids is 1. The van der Waals surface area contributed by atoms with E-state index < -0.39 is 0 Å². The number of nitrogens with zero attached hydrogens (tertiary/aromatic N) is 1. The van der Waals surface area contributed by atoms with Gasteiger partial charge in [0.25, 0.3) is 0 Å². The number of fused-ring (bicyclic) bond motifs is 1. The molecule has 0 N–H and O–H groups in total. The second kappa shape index (κ2) is 4.40. The molecule has 16 heavy (non-hydrogen) atoms. The monoisotopic (exact) mass is 213 g/mol. The molecule has 1 aromatic carbocycles. The fourth-order valence-electron chi connectivity index (χ4n) is 2.16. The molecule has 2 nitrogen and oxygen atoms in total. The normalized spacial score (nSPS) is 18.4. The molecule has 0 aliphatic carbocycles. The van der Waals surface area contributed by atoms with Crippen LogP contribution in [0, 0.1) is 17.8 Å². The van der Waals surface area contributed by atoms with Gasteiger partial charge in [0.05, 0.1) is 0 Å². The van der Waals surface area contributed by atoms with Crippen molar-refractivity contribution in [2.75, 3.05) is 11.4 Å². The lowest BCUT2D eigenvalue weighted by molar-refractivity contribution is -0.113. The topological polar surface area (TPSA) is 20.3 Å². The van der Waals surface area contributed by atoms with Crippen molar-refractivity contribution in [3.8, 4) is 11.8 Å². The van der Waals surface area contributed by atoms with E-state index in [-0.39, 0.29) is 5.91 Å². The van der Waals surface area contributed by atoms with Crippen LogP contribution in [0.15, 0.2) is 24.3 Å². The lowest BCUT2D eigenvalue weighted by atomic mass is 9.94.